The highest BCUT2D eigenvalue weighted by Gasteiger charge is 2.30. The number of hydrogen-bond donors (Lipinski definition) is 1. The van der Waals surface area contributed by atoms with Gasteiger partial charge in [0.15, 0.2) is 11.5 Å². The average molecular weight is 341 g/mol. The third kappa shape index (κ3) is 3.40. The van der Waals surface area contributed by atoms with Gasteiger partial charge in [-0.2, -0.15) is 0 Å². The van der Waals surface area contributed by atoms with Crippen LogP contribution in [0.25, 0.3) is 0 Å². The van der Waals surface area contributed by atoms with Gasteiger partial charge in [0.2, 0.25) is 5.91 Å². The Morgan fingerprint density at radius 1 is 1.00 bits per heavy atom. The van der Waals surface area contributed by atoms with Gasteiger partial charge in [0.05, 0.1) is 20.3 Å². The van der Waals surface area contributed by atoms with E-state index in [0.29, 0.717) is 31.1 Å². The van der Waals surface area contributed by atoms with Gasteiger partial charge >= 0.3 is 0 Å². The summed E-state index contributed by atoms with van der Waals surface area (Å²) in [4.78, 5) is 12.3. The lowest BCUT2D eigenvalue weighted by atomic mass is 9.84. The number of hydrogen-bond acceptors (Lipinski definition) is 4. The molecule has 1 atom stereocenters. The van der Waals surface area contributed by atoms with Gasteiger partial charge in [-0.15, -0.1) is 0 Å². The second kappa shape index (κ2) is 7.47. The van der Waals surface area contributed by atoms with Crippen LogP contribution in [0, 0.1) is 0 Å². The van der Waals surface area contributed by atoms with E-state index in [2.05, 4.69) is 5.32 Å². The Kier molecular flexibility index (Phi) is 5.12. The molecule has 1 aliphatic heterocycles. The number of fused-ring (bicyclic) bond motifs is 1. The highest BCUT2D eigenvalue weighted by molar-refractivity contribution is 5.96. The third-order valence-electron chi connectivity index (χ3n) is 4.27. The maximum atomic E-state index is 12.3. The van der Waals surface area contributed by atoms with E-state index in [1.165, 1.54) is 0 Å². The zero-order valence-corrected chi connectivity index (χ0v) is 14.8. The fraction of sp³-hybridized carbons (Fsp3) is 0.350. The predicted octanol–water partition coefficient (Wildman–Crippen LogP) is 3.97. The Labute approximate surface area is 147 Å². The number of methoxy groups -OCH3 is 1. The van der Waals surface area contributed by atoms with Crippen molar-refractivity contribution in [1.29, 1.82) is 0 Å². The molecule has 1 N–H and O–H groups in total. The molecule has 5 nitrogen and oxygen atoms in total. The van der Waals surface area contributed by atoms with Crippen LogP contribution < -0.4 is 19.5 Å². The lowest BCUT2D eigenvalue weighted by Gasteiger charge is -2.28. The van der Waals surface area contributed by atoms with Crippen LogP contribution >= 0.6 is 0 Å². The minimum atomic E-state index is -0.0882. The van der Waals surface area contributed by atoms with Crippen molar-refractivity contribution in [2.45, 2.75) is 26.2 Å². The first-order chi connectivity index (χ1) is 12.2. The summed E-state index contributed by atoms with van der Waals surface area (Å²) in [5.41, 5.74) is 2.77. The van der Waals surface area contributed by atoms with Crippen molar-refractivity contribution in [3.8, 4) is 17.2 Å². The van der Waals surface area contributed by atoms with Gasteiger partial charge in [0, 0.05) is 29.7 Å². The van der Waals surface area contributed by atoms with Crippen LogP contribution in [0.4, 0.5) is 5.69 Å². The van der Waals surface area contributed by atoms with Gasteiger partial charge < -0.3 is 19.5 Å². The number of para-hydroxylation sites is 1. The average Bonchev–Trinajstić information content (AvgIpc) is 2.62. The molecule has 0 unspecified atom stereocenters. The Balaban J connectivity index is 2.13. The van der Waals surface area contributed by atoms with Gasteiger partial charge in [0.25, 0.3) is 0 Å². The number of anilines is 1. The van der Waals surface area contributed by atoms with Crippen LogP contribution in [0.1, 0.15) is 37.3 Å². The van der Waals surface area contributed by atoms with Crippen molar-refractivity contribution >= 4 is 11.6 Å². The fourth-order valence-electron chi connectivity index (χ4n) is 3.24. The lowest BCUT2D eigenvalue weighted by molar-refractivity contribution is -0.116. The smallest absolute Gasteiger partial charge is 0.225 e. The van der Waals surface area contributed by atoms with Crippen LogP contribution in [-0.4, -0.2) is 26.2 Å². The molecule has 1 aliphatic rings. The van der Waals surface area contributed by atoms with Crippen LogP contribution in [0.2, 0.25) is 0 Å². The second-order valence-corrected chi connectivity index (χ2v) is 5.80. The molecular formula is C20H23NO4. The summed E-state index contributed by atoms with van der Waals surface area (Å²) in [6.07, 6.45) is 0.368. The van der Waals surface area contributed by atoms with Crippen LogP contribution in [0.5, 0.6) is 17.2 Å². The number of carbonyl (C=O) groups is 1. The maximum absolute atomic E-state index is 12.3. The molecule has 132 valence electrons. The van der Waals surface area contributed by atoms with Crippen molar-refractivity contribution in [2.24, 2.45) is 0 Å². The van der Waals surface area contributed by atoms with Crippen molar-refractivity contribution in [1.82, 2.24) is 0 Å². The molecular weight excluding hydrogens is 318 g/mol. The maximum Gasteiger partial charge on any atom is 0.225 e. The van der Waals surface area contributed by atoms with E-state index < -0.39 is 0 Å². The zero-order valence-electron chi connectivity index (χ0n) is 14.8. The second-order valence-electron chi connectivity index (χ2n) is 5.80. The third-order valence-corrected chi connectivity index (χ3v) is 4.27. The normalized spacial score (nSPS) is 16.0. The molecule has 2 aromatic rings. The van der Waals surface area contributed by atoms with E-state index >= 15 is 0 Å². The quantitative estimate of drug-likeness (QED) is 0.864. The molecule has 1 heterocycles. The van der Waals surface area contributed by atoms with Crippen molar-refractivity contribution in [2.75, 3.05) is 25.6 Å². The van der Waals surface area contributed by atoms with Crippen molar-refractivity contribution < 1.29 is 19.0 Å². The van der Waals surface area contributed by atoms with Crippen molar-refractivity contribution in [3.05, 3.63) is 47.5 Å². The standard InChI is InChI=1S/C20H23NO4/c1-4-24-18-10-15-14(13-8-6-7-9-17(13)23-3)11-20(22)21-16(15)12-19(18)25-5-2/h6-10,12,14H,4-5,11H2,1-3H3,(H,21,22)/t14-/m0/s1. The highest BCUT2D eigenvalue weighted by atomic mass is 16.5. The molecule has 3 rings (SSSR count). The Morgan fingerprint density at radius 2 is 1.68 bits per heavy atom. The predicted molar refractivity (Wildman–Crippen MR) is 96.9 cm³/mol. The molecule has 5 heteroatoms. The summed E-state index contributed by atoms with van der Waals surface area (Å²) in [6, 6.07) is 11.6. The number of rotatable bonds is 6. The van der Waals surface area contributed by atoms with E-state index in [9.17, 15) is 4.79 Å². The van der Waals surface area contributed by atoms with Crippen LogP contribution in [-0.2, 0) is 4.79 Å². The highest BCUT2D eigenvalue weighted by Crippen LogP contribution is 2.45. The van der Waals surface area contributed by atoms with Crippen LogP contribution in [0.15, 0.2) is 36.4 Å². The Bertz CT molecular complexity index is 772. The fourth-order valence-corrected chi connectivity index (χ4v) is 3.24. The molecule has 2 aromatic carbocycles. The summed E-state index contributed by atoms with van der Waals surface area (Å²) in [5, 5.41) is 2.95. The topological polar surface area (TPSA) is 56.8 Å². The van der Waals surface area contributed by atoms with Gasteiger partial charge in [-0.1, -0.05) is 18.2 Å². The summed E-state index contributed by atoms with van der Waals surface area (Å²) >= 11 is 0. The van der Waals surface area contributed by atoms with E-state index in [-0.39, 0.29) is 11.8 Å². The van der Waals surface area contributed by atoms with Gasteiger partial charge in [0.1, 0.15) is 5.75 Å². The summed E-state index contributed by atoms with van der Waals surface area (Å²) in [5.74, 6) is 2.01. The molecule has 0 aliphatic carbocycles. The molecule has 1 amide bonds. The number of carbonyl (C=O) groups excluding carboxylic acids is 1. The van der Waals surface area contributed by atoms with Gasteiger partial charge in [-0.25, -0.2) is 0 Å². The molecule has 0 fully saturated rings. The van der Waals surface area contributed by atoms with Gasteiger partial charge in [-0.3, -0.25) is 4.79 Å². The van der Waals surface area contributed by atoms with E-state index in [0.717, 1.165) is 22.6 Å². The number of ether oxygens (including phenoxy) is 3. The number of nitrogens with one attached hydrogen (secondary N) is 1. The number of amides is 1. The number of benzene rings is 2. The SMILES string of the molecule is CCOc1cc2c(cc1OCC)[C@H](c1ccccc1OC)CC(=O)N2. The minimum Gasteiger partial charge on any atom is -0.496 e. The van der Waals surface area contributed by atoms with E-state index in [1.807, 2.05) is 50.2 Å². The van der Waals surface area contributed by atoms with Gasteiger partial charge in [-0.05, 0) is 31.5 Å². The first kappa shape index (κ1) is 17.1. The Morgan fingerprint density at radius 3 is 2.36 bits per heavy atom. The first-order valence-electron chi connectivity index (χ1n) is 8.54. The minimum absolute atomic E-state index is 0.0185. The van der Waals surface area contributed by atoms with E-state index in [1.54, 1.807) is 7.11 Å². The lowest BCUT2D eigenvalue weighted by Crippen LogP contribution is -2.24. The molecule has 0 radical (unpaired) electrons. The van der Waals surface area contributed by atoms with Crippen molar-refractivity contribution in [3.63, 3.8) is 0 Å². The summed E-state index contributed by atoms with van der Waals surface area (Å²) in [6.45, 7) is 4.94. The largest absolute Gasteiger partial charge is 0.496 e. The van der Waals surface area contributed by atoms with E-state index in [4.69, 9.17) is 14.2 Å². The zero-order chi connectivity index (χ0) is 17.8. The van der Waals surface area contributed by atoms with Crippen LogP contribution in [0.3, 0.4) is 0 Å². The summed E-state index contributed by atoms with van der Waals surface area (Å²) in [7, 11) is 1.65. The first-order valence-corrected chi connectivity index (χ1v) is 8.54. The summed E-state index contributed by atoms with van der Waals surface area (Å²) < 4.78 is 16.9. The Hall–Kier alpha value is -2.69. The molecule has 0 saturated carbocycles. The molecule has 0 spiro atoms. The molecule has 0 aromatic heterocycles. The molecule has 0 bridgehead atoms. The molecule has 25 heavy (non-hydrogen) atoms. The molecule has 0 saturated heterocycles. The monoisotopic (exact) mass is 341 g/mol.